The highest BCUT2D eigenvalue weighted by Crippen LogP contribution is 2.20. The van der Waals surface area contributed by atoms with Gasteiger partial charge in [0.25, 0.3) is 0 Å². The Hall–Kier alpha value is -0.470. The molecule has 0 amide bonds. The minimum absolute atomic E-state index is 0.631. The van der Waals surface area contributed by atoms with Gasteiger partial charge in [-0.15, -0.1) is 11.8 Å². The van der Waals surface area contributed by atoms with Crippen LogP contribution in [0.1, 0.15) is 33.6 Å². The fourth-order valence-electron chi connectivity index (χ4n) is 1.70. The van der Waals surface area contributed by atoms with Crippen molar-refractivity contribution >= 4 is 11.8 Å². The Kier molecular flexibility index (Phi) is 7.38. The molecular formula is C15H25NS. The first kappa shape index (κ1) is 14.6. The molecule has 0 aliphatic carbocycles. The zero-order valence-electron chi connectivity index (χ0n) is 11.3. The van der Waals surface area contributed by atoms with Gasteiger partial charge in [-0.1, -0.05) is 32.0 Å². The molecule has 0 heterocycles. The Bertz CT molecular complexity index is 286. The first-order chi connectivity index (χ1) is 8.24. The van der Waals surface area contributed by atoms with Gasteiger partial charge >= 0.3 is 0 Å². The van der Waals surface area contributed by atoms with Gasteiger partial charge < -0.3 is 5.32 Å². The molecule has 0 aliphatic rings. The van der Waals surface area contributed by atoms with Crippen molar-refractivity contribution in [3.8, 4) is 0 Å². The van der Waals surface area contributed by atoms with Crippen LogP contribution in [0.2, 0.25) is 0 Å². The van der Waals surface area contributed by atoms with E-state index in [0.29, 0.717) is 6.04 Å². The van der Waals surface area contributed by atoms with Crippen LogP contribution in [-0.2, 0) is 0 Å². The molecule has 1 nitrogen and oxygen atoms in total. The van der Waals surface area contributed by atoms with E-state index >= 15 is 0 Å². The average molecular weight is 251 g/mol. The molecule has 2 unspecified atom stereocenters. The maximum Gasteiger partial charge on any atom is 0.00719 e. The van der Waals surface area contributed by atoms with Crippen LogP contribution in [-0.4, -0.2) is 18.3 Å². The number of nitrogens with one attached hydrogen (secondary N) is 1. The van der Waals surface area contributed by atoms with Gasteiger partial charge in [0.15, 0.2) is 0 Å². The van der Waals surface area contributed by atoms with Crippen LogP contribution in [0.25, 0.3) is 0 Å². The van der Waals surface area contributed by atoms with E-state index in [9.17, 15) is 0 Å². The number of benzene rings is 1. The van der Waals surface area contributed by atoms with E-state index in [4.69, 9.17) is 0 Å². The van der Waals surface area contributed by atoms with Gasteiger partial charge in [-0.05, 0) is 50.1 Å². The summed E-state index contributed by atoms with van der Waals surface area (Å²) in [5.74, 6) is 1.96. The van der Waals surface area contributed by atoms with Crippen LogP contribution in [0.3, 0.4) is 0 Å². The summed E-state index contributed by atoms with van der Waals surface area (Å²) in [6.07, 6.45) is 2.49. The lowest BCUT2D eigenvalue weighted by Gasteiger charge is -2.20. The molecule has 0 radical (unpaired) electrons. The lowest BCUT2D eigenvalue weighted by atomic mass is 10.0. The molecule has 1 aromatic rings. The smallest absolute Gasteiger partial charge is 0.00719 e. The van der Waals surface area contributed by atoms with E-state index in [-0.39, 0.29) is 0 Å². The van der Waals surface area contributed by atoms with E-state index in [2.05, 4.69) is 56.4 Å². The second-order valence-corrected chi connectivity index (χ2v) is 5.84. The molecule has 1 N–H and O–H groups in total. The summed E-state index contributed by atoms with van der Waals surface area (Å²) in [5.41, 5.74) is 0. The van der Waals surface area contributed by atoms with Gasteiger partial charge in [-0.25, -0.2) is 0 Å². The van der Waals surface area contributed by atoms with Crippen molar-refractivity contribution in [2.24, 2.45) is 5.92 Å². The van der Waals surface area contributed by atoms with Crippen LogP contribution in [0.4, 0.5) is 0 Å². The summed E-state index contributed by atoms with van der Waals surface area (Å²) >= 11 is 1.96. The van der Waals surface area contributed by atoms with Crippen LogP contribution in [0, 0.1) is 5.92 Å². The lowest BCUT2D eigenvalue weighted by Crippen LogP contribution is -2.32. The van der Waals surface area contributed by atoms with E-state index in [1.54, 1.807) is 0 Å². The molecule has 0 bridgehead atoms. The minimum atomic E-state index is 0.631. The maximum atomic E-state index is 3.57. The summed E-state index contributed by atoms with van der Waals surface area (Å²) in [7, 11) is 0. The summed E-state index contributed by atoms with van der Waals surface area (Å²) in [4.78, 5) is 1.38. The van der Waals surface area contributed by atoms with Crippen molar-refractivity contribution in [3.05, 3.63) is 30.3 Å². The van der Waals surface area contributed by atoms with Crippen molar-refractivity contribution in [2.45, 2.75) is 44.6 Å². The fourth-order valence-corrected chi connectivity index (χ4v) is 2.78. The largest absolute Gasteiger partial charge is 0.314 e. The number of hydrogen-bond acceptors (Lipinski definition) is 2. The first-order valence-electron chi connectivity index (χ1n) is 6.65. The second-order valence-electron chi connectivity index (χ2n) is 4.67. The van der Waals surface area contributed by atoms with E-state index < -0.39 is 0 Å². The molecule has 0 spiro atoms. The van der Waals surface area contributed by atoms with Crippen LogP contribution >= 0.6 is 11.8 Å². The zero-order valence-corrected chi connectivity index (χ0v) is 12.1. The molecule has 0 saturated carbocycles. The van der Waals surface area contributed by atoms with Gasteiger partial charge in [0.1, 0.15) is 0 Å². The lowest BCUT2D eigenvalue weighted by molar-refractivity contribution is 0.394. The topological polar surface area (TPSA) is 12.0 Å². The van der Waals surface area contributed by atoms with Gasteiger partial charge in [0.05, 0.1) is 0 Å². The Morgan fingerprint density at radius 2 is 1.88 bits per heavy atom. The number of rotatable bonds is 8. The predicted molar refractivity (Wildman–Crippen MR) is 78.7 cm³/mol. The Balaban J connectivity index is 2.17. The number of hydrogen-bond donors (Lipinski definition) is 1. The normalized spacial score (nSPS) is 14.5. The summed E-state index contributed by atoms with van der Waals surface area (Å²) in [6, 6.07) is 11.3. The molecule has 17 heavy (non-hydrogen) atoms. The van der Waals surface area contributed by atoms with Crippen molar-refractivity contribution in [1.29, 1.82) is 0 Å². The van der Waals surface area contributed by atoms with Gasteiger partial charge in [0.2, 0.25) is 0 Å². The first-order valence-corrected chi connectivity index (χ1v) is 7.63. The molecule has 0 saturated heterocycles. The summed E-state index contributed by atoms with van der Waals surface area (Å²) < 4.78 is 0. The average Bonchev–Trinajstić information content (AvgIpc) is 2.37. The quantitative estimate of drug-likeness (QED) is 0.695. The molecule has 0 fully saturated rings. The third-order valence-corrected chi connectivity index (χ3v) is 4.20. The fraction of sp³-hybridized carbons (Fsp3) is 0.600. The monoisotopic (exact) mass is 251 g/mol. The molecule has 1 aromatic carbocycles. The SMILES string of the molecule is CCCNC(C)C(C)CCSc1ccccc1. The zero-order chi connectivity index (χ0) is 12.5. The van der Waals surface area contributed by atoms with E-state index in [0.717, 1.165) is 12.5 Å². The van der Waals surface area contributed by atoms with Crippen molar-refractivity contribution in [2.75, 3.05) is 12.3 Å². The minimum Gasteiger partial charge on any atom is -0.314 e. The molecule has 0 aliphatic heterocycles. The Morgan fingerprint density at radius 1 is 1.18 bits per heavy atom. The Labute approximate surface area is 110 Å². The van der Waals surface area contributed by atoms with Gasteiger partial charge in [-0.3, -0.25) is 0 Å². The second kappa shape index (κ2) is 8.60. The molecule has 0 aromatic heterocycles. The Morgan fingerprint density at radius 3 is 2.53 bits per heavy atom. The molecule has 2 atom stereocenters. The van der Waals surface area contributed by atoms with Crippen LogP contribution in [0.5, 0.6) is 0 Å². The van der Waals surface area contributed by atoms with Crippen LogP contribution in [0.15, 0.2) is 35.2 Å². The van der Waals surface area contributed by atoms with Crippen molar-refractivity contribution in [3.63, 3.8) is 0 Å². The predicted octanol–water partition coefficient (Wildman–Crippen LogP) is 4.19. The third-order valence-electron chi connectivity index (χ3n) is 3.15. The van der Waals surface area contributed by atoms with Crippen LogP contribution < -0.4 is 5.32 Å². The van der Waals surface area contributed by atoms with Gasteiger partial charge in [0, 0.05) is 10.9 Å². The summed E-state index contributed by atoms with van der Waals surface area (Å²) in [6.45, 7) is 8.00. The number of thioether (sulfide) groups is 1. The molecule has 1 rings (SSSR count). The van der Waals surface area contributed by atoms with E-state index in [1.165, 1.54) is 23.5 Å². The highest BCUT2D eigenvalue weighted by atomic mass is 32.2. The summed E-state index contributed by atoms with van der Waals surface area (Å²) in [5, 5.41) is 3.57. The van der Waals surface area contributed by atoms with Gasteiger partial charge in [-0.2, -0.15) is 0 Å². The van der Waals surface area contributed by atoms with Crippen molar-refractivity contribution < 1.29 is 0 Å². The molecular weight excluding hydrogens is 226 g/mol. The standard InChI is InChI=1S/C15H25NS/c1-4-11-16-14(3)13(2)10-12-17-15-8-6-5-7-9-15/h5-9,13-14,16H,4,10-12H2,1-3H3. The maximum absolute atomic E-state index is 3.57. The van der Waals surface area contributed by atoms with E-state index in [1.807, 2.05) is 11.8 Å². The molecule has 96 valence electrons. The highest BCUT2D eigenvalue weighted by molar-refractivity contribution is 7.99. The van der Waals surface area contributed by atoms with Crippen molar-refractivity contribution in [1.82, 2.24) is 5.32 Å². The highest BCUT2D eigenvalue weighted by Gasteiger charge is 2.10. The third kappa shape index (κ3) is 6.13. The molecule has 2 heteroatoms.